The van der Waals surface area contributed by atoms with Gasteiger partial charge in [0.05, 0.1) is 33.5 Å². The molecule has 2 rings (SSSR count). The van der Waals surface area contributed by atoms with E-state index in [0.29, 0.717) is 6.61 Å². The van der Waals surface area contributed by atoms with Gasteiger partial charge in [-0.2, -0.15) is 0 Å². The van der Waals surface area contributed by atoms with Crippen molar-refractivity contribution < 1.29 is 14.2 Å². The molecule has 0 spiro atoms. The minimum Gasteiger partial charge on any atom is -0.497 e. The van der Waals surface area contributed by atoms with E-state index in [0.717, 1.165) is 30.2 Å². The van der Waals surface area contributed by atoms with E-state index in [1.165, 1.54) is 0 Å². The molecule has 1 aromatic carbocycles. The van der Waals surface area contributed by atoms with Gasteiger partial charge in [-0.1, -0.05) is 0 Å². The summed E-state index contributed by atoms with van der Waals surface area (Å²) < 4.78 is 16.0. The Hall–Kier alpha value is -0.970. The quantitative estimate of drug-likeness (QED) is 0.898. The van der Waals surface area contributed by atoms with Crippen LogP contribution in [0, 0.1) is 0 Å². The summed E-state index contributed by atoms with van der Waals surface area (Å²) in [5, 5.41) is 3.40. The molecule has 17 heavy (non-hydrogen) atoms. The van der Waals surface area contributed by atoms with Gasteiger partial charge in [0.15, 0.2) is 0 Å². The average Bonchev–Trinajstić information content (AvgIpc) is 2.39. The van der Waals surface area contributed by atoms with Crippen LogP contribution in [0.4, 0.5) is 0 Å². The van der Waals surface area contributed by atoms with E-state index in [4.69, 9.17) is 14.2 Å². The maximum atomic E-state index is 5.44. The molecule has 0 aromatic heterocycles. The van der Waals surface area contributed by atoms with Crippen LogP contribution in [0.1, 0.15) is 11.6 Å². The normalized spacial score (nSPS) is 19.3. The molecule has 1 fully saturated rings. The molecule has 0 bridgehead atoms. The van der Waals surface area contributed by atoms with Gasteiger partial charge in [0.25, 0.3) is 0 Å². The minimum absolute atomic E-state index is 0. The Morgan fingerprint density at radius 2 is 2.12 bits per heavy atom. The second-order valence-electron chi connectivity index (χ2n) is 3.69. The van der Waals surface area contributed by atoms with E-state index in [1.54, 1.807) is 14.2 Å². The van der Waals surface area contributed by atoms with Crippen molar-refractivity contribution in [3.8, 4) is 11.5 Å². The molecule has 1 aliphatic rings. The van der Waals surface area contributed by atoms with Gasteiger partial charge in [0, 0.05) is 18.2 Å². The van der Waals surface area contributed by atoms with Gasteiger partial charge in [-0.15, -0.1) is 12.4 Å². The van der Waals surface area contributed by atoms with Crippen molar-refractivity contribution in [2.75, 3.05) is 34.0 Å². The van der Waals surface area contributed by atoms with Crippen molar-refractivity contribution in [2.24, 2.45) is 0 Å². The van der Waals surface area contributed by atoms with Crippen LogP contribution in [0.15, 0.2) is 18.2 Å². The van der Waals surface area contributed by atoms with Crippen molar-refractivity contribution in [3.05, 3.63) is 23.8 Å². The molecule has 0 amide bonds. The molecule has 1 N–H and O–H groups in total. The molecule has 1 aromatic rings. The van der Waals surface area contributed by atoms with Crippen molar-refractivity contribution in [3.63, 3.8) is 0 Å². The zero-order valence-electron chi connectivity index (χ0n) is 10.1. The summed E-state index contributed by atoms with van der Waals surface area (Å²) in [5.74, 6) is 1.64. The lowest BCUT2D eigenvalue weighted by molar-refractivity contribution is 0.0760. The fourth-order valence-corrected chi connectivity index (χ4v) is 1.87. The molecule has 1 atom stereocenters. The first-order valence-corrected chi connectivity index (χ1v) is 5.38. The lowest BCUT2D eigenvalue weighted by atomic mass is 10.1. The van der Waals surface area contributed by atoms with Crippen LogP contribution >= 0.6 is 12.4 Å². The first kappa shape index (κ1) is 14.1. The molecule has 0 aliphatic carbocycles. The molecule has 0 unspecified atom stereocenters. The fraction of sp³-hybridized carbons (Fsp3) is 0.500. The summed E-state index contributed by atoms with van der Waals surface area (Å²) in [6, 6.07) is 6.05. The highest BCUT2D eigenvalue weighted by Crippen LogP contribution is 2.30. The molecule has 4 nitrogen and oxygen atoms in total. The number of halogens is 1. The lowest BCUT2D eigenvalue weighted by Crippen LogP contribution is -2.34. The summed E-state index contributed by atoms with van der Waals surface area (Å²) in [7, 11) is 3.32. The van der Waals surface area contributed by atoms with Gasteiger partial charge in [-0.25, -0.2) is 0 Å². The molecule has 1 aliphatic heterocycles. The van der Waals surface area contributed by atoms with Crippen LogP contribution in [0.5, 0.6) is 11.5 Å². The van der Waals surface area contributed by atoms with E-state index in [1.807, 2.05) is 18.2 Å². The SMILES string of the molecule is COc1ccc([C@@H]2COCCN2)c(OC)c1.Cl. The van der Waals surface area contributed by atoms with Crippen molar-refractivity contribution in [1.82, 2.24) is 5.32 Å². The zero-order chi connectivity index (χ0) is 11.4. The van der Waals surface area contributed by atoms with Crippen molar-refractivity contribution >= 4 is 12.4 Å². The molecule has 1 saturated heterocycles. The number of ether oxygens (including phenoxy) is 3. The van der Waals surface area contributed by atoms with Gasteiger partial charge in [-0.05, 0) is 12.1 Å². The molecule has 0 radical (unpaired) electrons. The number of nitrogens with one attached hydrogen (secondary N) is 1. The summed E-state index contributed by atoms with van der Waals surface area (Å²) in [6.45, 7) is 2.33. The van der Waals surface area contributed by atoms with Gasteiger partial charge in [-0.3, -0.25) is 0 Å². The standard InChI is InChI=1S/C12H17NO3.ClH/c1-14-9-3-4-10(12(7-9)15-2)11-8-16-6-5-13-11;/h3-4,7,11,13H,5-6,8H2,1-2H3;1H/t11-;/m0./s1. The predicted octanol–water partition coefficient (Wildman–Crippen LogP) is 1.79. The van der Waals surface area contributed by atoms with Crippen molar-refractivity contribution in [2.45, 2.75) is 6.04 Å². The average molecular weight is 260 g/mol. The Bertz CT molecular complexity index is 354. The number of morpholine rings is 1. The van der Waals surface area contributed by atoms with Crippen molar-refractivity contribution in [1.29, 1.82) is 0 Å². The first-order chi connectivity index (χ1) is 7.85. The fourth-order valence-electron chi connectivity index (χ4n) is 1.87. The van der Waals surface area contributed by atoms with E-state index < -0.39 is 0 Å². The number of methoxy groups -OCH3 is 2. The van der Waals surface area contributed by atoms with E-state index >= 15 is 0 Å². The minimum atomic E-state index is 0. The van der Waals surface area contributed by atoms with Crippen LogP contribution in [0.2, 0.25) is 0 Å². The molecule has 0 saturated carbocycles. The third-order valence-electron chi connectivity index (χ3n) is 2.74. The van der Waals surface area contributed by atoms with Gasteiger partial charge in [0.2, 0.25) is 0 Å². The Labute approximate surface area is 108 Å². The Balaban J connectivity index is 0.00000144. The largest absolute Gasteiger partial charge is 0.497 e. The number of rotatable bonds is 3. The maximum Gasteiger partial charge on any atom is 0.127 e. The summed E-state index contributed by atoms with van der Waals surface area (Å²) >= 11 is 0. The Morgan fingerprint density at radius 3 is 2.71 bits per heavy atom. The second-order valence-corrected chi connectivity index (χ2v) is 3.69. The zero-order valence-corrected chi connectivity index (χ0v) is 10.9. The molecular weight excluding hydrogens is 242 g/mol. The third kappa shape index (κ3) is 3.25. The van der Waals surface area contributed by atoms with Crippen LogP contribution in [0.25, 0.3) is 0 Å². The Morgan fingerprint density at radius 1 is 1.29 bits per heavy atom. The van der Waals surface area contributed by atoms with Crippen LogP contribution in [-0.2, 0) is 4.74 Å². The molecule has 5 heteroatoms. The van der Waals surface area contributed by atoms with E-state index in [9.17, 15) is 0 Å². The third-order valence-corrected chi connectivity index (χ3v) is 2.74. The van der Waals surface area contributed by atoms with Crippen LogP contribution in [0.3, 0.4) is 0 Å². The van der Waals surface area contributed by atoms with E-state index in [-0.39, 0.29) is 18.4 Å². The van der Waals surface area contributed by atoms with Gasteiger partial charge in [0.1, 0.15) is 11.5 Å². The molecule has 96 valence electrons. The molecule has 1 heterocycles. The monoisotopic (exact) mass is 259 g/mol. The first-order valence-electron chi connectivity index (χ1n) is 5.38. The van der Waals surface area contributed by atoms with Gasteiger partial charge < -0.3 is 19.5 Å². The van der Waals surface area contributed by atoms with Crippen LogP contribution < -0.4 is 14.8 Å². The predicted molar refractivity (Wildman–Crippen MR) is 68.4 cm³/mol. The summed E-state index contributed by atoms with van der Waals surface area (Å²) in [5.41, 5.74) is 1.11. The smallest absolute Gasteiger partial charge is 0.127 e. The van der Waals surface area contributed by atoms with Crippen LogP contribution in [-0.4, -0.2) is 34.0 Å². The highest BCUT2D eigenvalue weighted by atomic mass is 35.5. The molecular formula is C12H18ClNO3. The summed E-state index contributed by atoms with van der Waals surface area (Å²) in [4.78, 5) is 0. The topological polar surface area (TPSA) is 39.7 Å². The number of benzene rings is 1. The number of hydrogen-bond acceptors (Lipinski definition) is 4. The Kier molecular flexibility index (Phi) is 5.55. The highest BCUT2D eigenvalue weighted by molar-refractivity contribution is 5.85. The van der Waals surface area contributed by atoms with Gasteiger partial charge >= 0.3 is 0 Å². The lowest BCUT2D eigenvalue weighted by Gasteiger charge is -2.25. The summed E-state index contributed by atoms with van der Waals surface area (Å²) in [6.07, 6.45) is 0. The number of hydrogen-bond donors (Lipinski definition) is 1. The maximum absolute atomic E-state index is 5.44. The second kappa shape index (κ2) is 6.69. The van der Waals surface area contributed by atoms with E-state index in [2.05, 4.69) is 5.32 Å². The highest BCUT2D eigenvalue weighted by Gasteiger charge is 2.19.